The van der Waals surface area contributed by atoms with Crippen molar-refractivity contribution in [1.82, 2.24) is 15.1 Å². The molecule has 1 aromatic rings. The molecule has 1 N–H and O–H groups in total. The smallest absolute Gasteiger partial charge is 0.333 e. The molecule has 8 nitrogen and oxygen atoms in total. The molecule has 1 aliphatic rings. The molecule has 0 spiro atoms. The number of rotatable bonds is 4. The molecule has 1 aliphatic heterocycles. The van der Waals surface area contributed by atoms with Crippen molar-refractivity contribution in [3.8, 4) is 0 Å². The highest BCUT2D eigenvalue weighted by molar-refractivity contribution is 5.60. The molecule has 1 aromatic heterocycles. The van der Waals surface area contributed by atoms with E-state index in [1.54, 1.807) is 18.7 Å². The summed E-state index contributed by atoms with van der Waals surface area (Å²) in [5, 5.41) is 18.5. The number of nitrogens with one attached hydrogen (secondary N) is 1. The molecular formula is C11H19N5O3. The molecule has 2 heterocycles. The number of hydrogen-bond donors (Lipinski definition) is 1. The average Bonchev–Trinajstić information content (AvgIpc) is 2.65. The van der Waals surface area contributed by atoms with Gasteiger partial charge < -0.3 is 15.0 Å². The predicted molar refractivity (Wildman–Crippen MR) is 70.5 cm³/mol. The summed E-state index contributed by atoms with van der Waals surface area (Å²) in [6, 6.07) is 0. The van der Waals surface area contributed by atoms with Gasteiger partial charge in [-0.3, -0.25) is 10.1 Å². The zero-order chi connectivity index (χ0) is 14.0. The molecule has 8 heteroatoms. The summed E-state index contributed by atoms with van der Waals surface area (Å²) in [7, 11) is 3.53. The molecule has 106 valence electrons. The third-order valence-corrected chi connectivity index (χ3v) is 3.19. The van der Waals surface area contributed by atoms with Crippen LogP contribution in [0.15, 0.2) is 0 Å². The number of hydrogen-bond acceptors (Lipinski definition) is 6. The highest BCUT2D eigenvalue weighted by Crippen LogP contribution is 2.30. The van der Waals surface area contributed by atoms with Gasteiger partial charge >= 0.3 is 5.69 Å². The summed E-state index contributed by atoms with van der Waals surface area (Å²) in [4.78, 5) is 12.6. The van der Waals surface area contributed by atoms with E-state index >= 15 is 0 Å². The Bertz CT molecular complexity index is 467. The first-order valence-electron chi connectivity index (χ1n) is 6.22. The SMILES string of the molecule is Cc1nn(C)c(N(C)CC2CNCCO2)c1[N+](=O)[O-]. The Morgan fingerprint density at radius 1 is 1.68 bits per heavy atom. The van der Waals surface area contributed by atoms with Crippen LogP contribution < -0.4 is 10.2 Å². The maximum absolute atomic E-state index is 11.1. The molecule has 0 amide bonds. The normalized spacial score (nSPS) is 19.4. The first kappa shape index (κ1) is 13.8. The molecule has 0 aromatic carbocycles. The summed E-state index contributed by atoms with van der Waals surface area (Å²) in [6.07, 6.45) is 0.0357. The van der Waals surface area contributed by atoms with Crippen molar-refractivity contribution in [2.24, 2.45) is 7.05 Å². The van der Waals surface area contributed by atoms with E-state index in [2.05, 4.69) is 10.4 Å². The third-order valence-electron chi connectivity index (χ3n) is 3.19. The fourth-order valence-electron chi connectivity index (χ4n) is 2.41. The van der Waals surface area contributed by atoms with Crippen LogP contribution in [0.4, 0.5) is 11.5 Å². The molecule has 1 atom stereocenters. The van der Waals surface area contributed by atoms with Crippen LogP contribution >= 0.6 is 0 Å². The lowest BCUT2D eigenvalue weighted by Gasteiger charge is -2.28. The Morgan fingerprint density at radius 2 is 2.42 bits per heavy atom. The summed E-state index contributed by atoms with van der Waals surface area (Å²) in [5.74, 6) is 0.511. The van der Waals surface area contributed by atoms with Gasteiger partial charge in [0.15, 0.2) is 0 Å². The monoisotopic (exact) mass is 269 g/mol. The highest BCUT2D eigenvalue weighted by Gasteiger charge is 2.28. The molecule has 0 aliphatic carbocycles. The van der Waals surface area contributed by atoms with Crippen molar-refractivity contribution in [2.75, 3.05) is 38.2 Å². The van der Waals surface area contributed by atoms with Gasteiger partial charge in [0.05, 0.1) is 17.6 Å². The molecular weight excluding hydrogens is 250 g/mol. The van der Waals surface area contributed by atoms with Crippen molar-refractivity contribution >= 4 is 11.5 Å². The van der Waals surface area contributed by atoms with Crippen molar-refractivity contribution in [1.29, 1.82) is 0 Å². The molecule has 2 rings (SSSR count). The van der Waals surface area contributed by atoms with Gasteiger partial charge in [-0.1, -0.05) is 0 Å². The topological polar surface area (TPSA) is 85.5 Å². The Labute approximate surface area is 111 Å². The predicted octanol–water partition coefficient (Wildman–Crippen LogP) is 0.0613. The van der Waals surface area contributed by atoms with Crippen molar-refractivity contribution in [2.45, 2.75) is 13.0 Å². The Hall–Kier alpha value is -1.67. The second-order valence-electron chi connectivity index (χ2n) is 4.72. The number of nitro groups is 1. The largest absolute Gasteiger partial charge is 0.374 e. The second kappa shape index (κ2) is 5.54. The zero-order valence-electron chi connectivity index (χ0n) is 11.4. The highest BCUT2D eigenvalue weighted by atomic mass is 16.6. The molecule has 0 radical (unpaired) electrons. The van der Waals surface area contributed by atoms with E-state index in [0.29, 0.717) is 24.7 Å². The van der Waals surface area contributed by atoms with Crippen molar-refractivity contribution < 1.29 is 9.66 Å². The summed E-state index contributed by atoms with van der Waals surface area (Å²) in [6.45, 7) is 4.52. The third kappa shape index (κ3) is 2.85. The molecule has 1 saturated heterocycles. The molecule has 19 heavy (non-hydrogen) atoms. The average molecular weight is 269 g/mol. The Kier molecular flexibility index (Phi) is 4.01. The summed E-state index contributed by atoms with van der Waals surface area (Å²) in [5.41, 5.74) is 0.491. The van der Waals surface area contributed by atoms with E-state index in [1.807, 2.05) is 11.9 Å². The maximum Gasteiger partial charge on any atom is 0.333 e. The van der Waals surface area contributed by atoms with E-state index in [0.717, 1.165) is 13.1 Å². The fourth-order valence-corrected chi connectivity index (χ4v) is 2.41. The number of morpholine rings is 1. The van der Waals surface area contributed by atoms with Gasteiger partial charge in [0, 0.05) is 33.7 Å². The first-order valence-corrected chi connectivity index (χ1v) is 6.22. The van der Waals surface area contributed by atoms with Crippen LogP contribution in [0.25, 0.3) is 0 Å². The fraction of sp³-hybridized carbons (Fsp3) is 0.727. The van der Waals surface area contributed by atoms with Crippen LogP contribution in [0.2, 0.25) is 0 Å². The second-order valence-corrected chi connectivity index (χ2v) is 4.72. The van der Waals surface area contributed by atoms with Gasteiger partial charge in [0.25, 0.3) is 0 Å². The van der Waals surface area contributed by atoms with Crippen molar-refractivity contribution in [3.05, 3.63) is 15.8 Å². The standard InChI is InChI=1S/C11H19N5O3/c1-8-10(16(17)18)11(15(3)13-8)14(2)7-9-6-12-4-5-19-9/h9,12H,4-7H2,1-3H3. The van der Waals surface area contributed by atoms with Crippen LogP contribution in [0.1, 0.15) is 5.69 Å². The number of likely N-dealkylation sites (N-methyl/N-ethyl adjacent to an activating group) is 1. The lowest BCUT2D eigenvalue weighted by molar-refractivity contribution is -0.384. The van der Waals surface area contributed by atoms with Crippen LogP contribution in [0.5, 0.6) is 0 Å². The van der Waals surface area contributed by atoms with Gasteiger partial charge in [-0.15, -0.1) is 0 Å². The minimum Gasteiger partial charge on any atom is -0.374 e. The molecule has 1 fully saturated rings. The van der Waals surface area contributed by atoms with Crippen molar-refractivity contribution in [3.63, 3.8) is 0 Å². The quantitative estimate of drug-likeness (QED) is 0.614. The van der Waals surface area contributed by atoms with Crippen LogP contribution in [0, 0.1) is 17.0 Å². The van der Waals surface area contributed by atoms with E-state index in [-0.39, 0.29) is 16.7 Å². The number of anilines is 1. The van der Waals surface area contributed by atoms with Crippen LogP contribution in [0.3, 0.4) is 0 Å². The minimum atomic E-state index is -0.381. The van der Waals surface area contributed by atoms with E-state index in [4.69, 9.17) is 4.74 Å². The Balaban J connectivity index is 2.18. The molecule has 0 saturated carbocycles. The first-order chi connectivity index (χ1) is 9.00. The van der Waals surface area contributed by atoms with E-state index in [1.165, 1.54) is 0 Å². The van der Waals surface area contributed by atoms with Gasteiger partial charge in [-0.2, -0.15) is 5.10 Å². The van der Waals surface area contributed by atoms with Gasteiger partial charge in [-0.05, 0) is 6.92 Å². The summed E-state index contributed by atoms with van der Waals surface area (Å²) >= 11 is 0. The lowest BCUT2D eigenvalue weighted by atomic mass is 10.2. The van der Waals surface area contributed by atoms with Gasteiger partial charge in [0.1, 0.15) is 5.69 Å². The summed E-state index contributed by atoms with van der Waals surface area (Å²) < 4.78 is 7.16. The van der Waals surface area contributed by atoms with E-state index in [9.17, 15) is 10.1 Å². The maximum atomic E-state index is 11.1. The lowest BCUT2D eigenvalue weighted by Crippen LogP contribution is -2.44. The molecule has 0 bridgehead atoms. The minimum absolute atomic E-state index is 0.0357. The number of aromatic nitrogens is 2. The number of aryl methyl sites for hydroxylation is 2. The number of nitrogens with zero attached hydrogens (tertiary/aromatic N) is 4. The van der Waals surface area contributed by atoms with Gasteiger partial charge in [-0.25, -0.2) is 4.68 Å². The Morgan fingerprint density at radius 3 is 3.00 bits per heavy atom. The van der Waals surface area contributed by atoms with Gasteiger partial charge in [0.2, 0.25) is 5.82 Å². The zero-order valence-corrected chi connectivity index (χ0v) is 11.4. The number of ether oxygens (including phenoxy) is 1. The van der Waals surface area contributed by atoms with Crippen LogP contribution in [-0.2, 0) is 11.8 Å². The van der Waals surface area contributed by atoms with E-state index < -0.39 is 0 Å². The van der Waals surface area contributed by atoms with Crippen LogP contribution in [-0.4, -0.2) is 54.1 Å². The molecule has 1 unspecified atom stereocenters.